The minimum absolute atomic E-state index is 0.161. The molecule has 200 valence electrons. The van der Waals surface area contributed by atoms with E-state index in [-0.39, 0.29) is 23.7 Å². The molecule has 6 heteroatoms. The monoisotopic (exact) mass is 508 g/mol. The molecule has 0 atom stereocenters. The van der Waals surface area contributed by atoms with Crippen molar-refractivity contribution in [2.45, 2.75) is 74.1 Å². The maximum absolute atomic E-state index is 12.8. The third-order valence-electron chi connectivity index (χ3n) is 5.57. The summed E-state index contributed by atoms with van der Waals surface area (Å²) in [5, 5.41) is 0.494. The van der Waals surface area contributed by atoms with Gasteiger partial charge in [0.05, 0.1) is 5.39 Å². The van der Waals surface area contributed by atoms with Gasteiger partial charge in [0, 0.05) is 6.92 Å². The second kappa shape index (κ2) is 14.9. The summed E-state index contributed by atoms with van der Waals surface area (Å²) in [6, 6.07) is 5.27. The van der Waals surface area contributed by atoms with Crippen molar-refractivity contribution in [1.29, 1.82) is 0 Å². The highest BCUT2D eigenvalue weighted by Crippen LogP contribution is 2.37. The quantitative estimate of drug-likeness (QED) is 0.156. The molecular formula is C31H40O6. The Bertz CT molecular complexity index is 1250. The van der Waals surface area contributed by atoms with Gasteiger partial charge < -0.3 is 18.6 Å². The Kier molecular flexibility index (Phi) is 11.9. The maximum Gasteiger partial charge on any atom is 0.383 e. The summed E-state index contributed by atoms with van der Waals surface area (Å²) in [7, 11) is 0. The topological polar surface area (TPSA) is 75.0 Å². The molecule has 2 rings (SSSR count). The Morgan fingerprint density at radius 1 is 0.784 bits per heavy atom. The van der Waals surface area contributed by atoms with Gasteiger partial charge >= 0.3 is 11.6 Å². The van der Waals surface area contributed by atoms with Gasteiger partial charge in [0.25, 0.3) is 5.75 Å². The Labute approximate surface area is 220 Å². The largest absolute Gasteiger partial charge is 0.486 e. The number of allylic oxidation sites excluding steroid dienone is 6. The molecule has 0 fully saturated rings. The van der Waals surface area contributed by atoms with E-state index in [4.69, 9.17) is 18.6 Å². The first-order valence-corrected chi connectivity index (χ1v) is 12.7. The number of carbonyl (C=O) groups is 1. The Hall–Kier alpha value is -3.54. The second-order valence-electron chi connectivity index (χ2n) is 9.64. The first kappa shape index (κ1) is 29.7. The van der Waals surface area contributed by atoms with Crippen LogP contribution in [-0.2, 0) is 4.79 Å². The fourth-order valence-corrected chi connectivity index (χ4v) is 3.56. The standard InChI is InChI=1S/C31H40O6/c1-21(2)11-8-13-23(5)17-19-34-27-16-10-15-26-28(27)37-31(33)30(36-25(7)32)29(26)35-20-18-24(6)14-9-12-22(3)4/h10-12,15-18H,8-9,13-14,19-20H2,1-7H3/b23-17+,24-18+. The van der Waals surface area contributed by atoms with Crippen LogP contribution >= 0.6 is 0 Å². The number of rotatable bonds is 13. The van der Waals surface area contributed by atoms with Crippen molar-refractivity contribution in [2.24, 2.45) is 0 Å². The lowest BCUT2D eigenvalue weighted by Gasteiger charge is -2.13. The van der Waals surface area contributed by atoms with Crippen molar-refractivity contribution < 1.29 is 23.4 Å². The van der Waals surface area contributed by atoms with Gasteiger partial charge in [0.2, 0.25) is 0 Å². The van der Waals surface area contributed by atoms with Crippen molar-refractivity contribution in [3.05, 3.63) is 75.2 Å². The SMILES string of the molecule is CC(=O)Oc1c(OC/C=C(\C)CCC=C(C)C)c2cccc(OC/C=C(\C)CCC=C(C)C)c2oc1=O. The summed E-state index contributed by atoms with van der Waals surface area (Å²) in [5.74, 6) is -0.321. The Morgan fingerprint density at radius 3 is 1.89 bits per heavy atom. The zero-order valence-corrected chi connectivity index (χ0v) is 23.2. The average Bonchev–Trinajstić information content (AvgIpc) is 2.80. The molecule has 0 bridgehead atoms. The van der Waals surface area contributed by atoms with E-state index in [9.17, 15) is 9.59 Å². The highest BCUT2D eigenvalue weighted by Gasteiger charge is 2.21. The minimum atomic E-state index is -0.800. The van der Waals surface area contributed by atoms with Crippen LogP contribution in [0.3, 0.4) is 0 Å². The molecule has 1 heterocycles. The molecule has 1 aromatic heterocycles. The first-order valence-electron chi connectivity index (χ1n) is 12.7. The fourth-order valence-electron chi connectivity index (χ4n) is 3.56. The van der Waals surface area contributed by atoms with Crippen LogP contribution in [0.15, 0.2) is 74.0 Å². The molecule has 0 unspecified atom stereocenters. The van der Waals surface area contributed by atoms with E-state index >= 15 is 0 Å². The highest BCUT2D eigenvalue weighted by atomic mass is 16.6. The normalized spacial score (nSPS) is 11.8. The average molecular weight is 509 g/mol. The Morgan fingerprint density at radius 2 is 1.35 bits per heavy atom. The smallest absolute Gasteiger partial charge is 0.383 e. The first-order chi connectivity index (χ1) is 17.6. The predicted octanol–water partition coefficient (Wildman–Crippen LogP) is 7.86. The molecule has 1 aromatic carbocycles. The number of esters is 1. The maximum atomic E-state index is 12.8. The summed E-state index contributed by atoms with van der Waals surface area (Å²) in [6.45, 7) is 14.2. The molecule has 2 aromatic rings. The van der Waals surface area contributed by atoms with Gasteiger partial charge in [-0.25, -0.2) is 4.79 Å². The molecule has 0 saturated heterocycles. The van der Waals surface area contributed by atoms with Crippen LogP contribution in [0.2, 0.25) is 0 Å². The van der Waals surface area contributed by atoms with Crippen LogP contribution in [0.1, 0.15) is 74.1 Å². The molecule has 37 heavy (non-hydrogen) atoms. The van der Waals surface area contributed by atoms with Crippen molar-refractivity contribution in [2.75, 3.05) is 13.2 Å². The summed E-state index contributed by atoms with van der Waals surface area (Å²) >= 11 is 0. The van der Waals surface area contributed by atoms with Gasteiger partial charge in [0.1, 0.15) is 13.2 Å². The zero-order chi connectivity index (χ0) is 27.4. The van der Waals surface area contributed by atoms with Crippen LogP contribution in [-0.4, -0.2) is 19.2 Å². The lowest BCUT2D eigenvalue weighted by atomic mass is 10.1. The Balaban J connectivity index is 2.30. The van der Waals surface area contributed by atoms with Gasteiger partial charge in [-0.15, -0.1) is 0 Å². The van der Waals surface area contributed by atoms with E-state index in [0.29, 0.717) is 17.7 Å². The number of para-hydroxylation sites is 1. The summed E-state index contributed by atoms with van der Waals surface area (Å²) in [5.41, 5.74) is 4.41. The number of benzene rings is 1. The molecular weight excluding hydrogens is 468 g/mol. The van der Waals surface area contributed by atoms with E-state index in [2.05, 4.69) is 46.8 Å². The second-order valence-corrected chi connectivity index (χ2v) is 9.64. The minimum Gasteiger partial charge on any atom is -0.486 e. The molecule has 0 aliphatic rings. The predicted molar refractivity (Wildman–Crippen MR) is 150 cm³/mol. The highest BCUT2D eigenvalue weighted by molar-refractivity contribution is 5.90. The van der Waals surface area contributed by atoms with Crippen molar-refractivity contribution >= 4 is 16.9 Å². The van der Waals surface area contributed by atoms with Crippen LogP contribution in [0.25, 0.3) is 11.0 Å². The van der Waals surface area contributed by atoms with E-state index < -0.39 is 11.6 Å². The molecule has 0 amide bonds. The van der Waals surface area contributed by atoms with Crippen molar-refractivity contribution in [3.63, 3.8) is 0 Å². The third-order valence-corrected chi connectivity index (χ3v) is 5.57. The lowest BCUT2D eigenvalue weighted by molar-refractivity contribution is -0.132. The molecule has 0 aliphatic heterocycles. The van der Waals surface area contributed by atoms with Crippen molar-refractivity contribution in [1.82, 2.24) is 0 Å². The fraction of sp³-hybridized carbons (Fsp3) is 0.419. The van der Waals surface area contributed by atoms with Gasteiger partial charge in [-0.3, -0.25) is 4.79 Å². The number of hydrogen-bond acceptors (Lipinski definition) is 6. The number of ether oxygens (including phenoxy) is 3. The lowest BCUT2D eigenvalue weighted by Crippen LogP contribution is -2.14. The van der Waals surface area contributed by atoms with Crippen LogP contribution < -0.4 is 19.8 Å². The molecule has 0 saturated carbocycles. The number of carbonyl (C=O) groups excluding carboxylic acids is 1. The number of fused-ring (bicyclic) bond motifs is 1. The molecule has 0 N–H and O–H groups in total. The van der Waals surface area contributed by atoms with Gasteiger partial charge in [0.15, 0.2) is 17.1 Å². The number of hydrogen-bond donors (Lipinski definition) is 0. The third kappa shape index (κ3) is 10.2. The summed E-state index contributed by atoms with van der Waals surface area (Å²) in [4.78, 5) is 24.5. The summed E-state index contributed by atoms with van der Waals surface area (Å²) < 4.78 is 22.7. The van der Waals surface area contributed by atoms with Gasteiger partial charge in [-0.1, -0.05) is 40.5 Å². The molecule has 0 aliphatic carbocycles. The molecule has 0 spiro atoms. The molecule has 6 nitrogen and oxygen atoms in total. The van der Waals surface area contributed by atoms with Crippen LogP contribution in [0, 0.1) is 0 Å². The zero-order valence-electron chi connectivity index (χ0n) is 23.2. The van der Waals surface area contributed by atoms with E-state index in [1.807, 2.05) is 19.1 Å². The molecule has 0 radical (unpaired) electrons. The van der Waals surface area contributed by atoms with E-state index in [1.165, 1.54) is 23.6 Å². The van der Waals surface area contributed by atoms with Crippen LogP contribution in [0.5, 0.6) is 17.2 Å². The summed E-state index contributed by atoms with van der Waals surface area (Å²) in [6.07, 6.45) is 12.2. The van der Waals surface area contributed by atoms with Crippen LogP contribution in [0.4, 0.5) is 0 Å². The van der Waals surface area contributed by atoms with Gasteiger partial charge in [-0.05, 0) is 91.5 Å². The van der Waals surface area contributed by atoms with Gasteiger partial charge in [-0.2, -0.15) is 0 Å². The van der Waals surface area contributed by atoms with E-state index in [0.717, 1.165) is 31.3 Å². The van der Waals surface area contributed by atoms with E-state index in [1.54, 1.807) is 18.2 Å². The van der Waals surface area contributed by atoms with Crippen molar-refractivity contribution in [3.8, 4) is 17.2 Å².